The SMILES string of the molecule is CC(C(=O)NC(C)(C)C)N(CCc1ccccc1)C(=O)CCCN1c2cccc3cccc(c23)S1(=O)=O. The van der Waals surface area contributed by atoms with Crippen LogP contribution in [0.3, 0.4) is 0 Å². The van der Waals surface area contributed by atoms with Crippen LogP contribution in [0.1, 0.15) is 46.1 Å². The molecule has 7 nitrogen and oxygen atoms in total. The Kier molecular flexibility index (Phi) is 7.59. The molecule has 1 atom stereocenters. The Balaban J connectivity index is 1.47. The van der Waals surface area contributed by atoms with Gasteiger partial charge in [0.1, 0.15) is 6.04 Å². The lowest BCUT2D eigenvalue weighted by Gasteiger charge is -2.31. The van der Waals surface area contributed by atoms with Crippen molar-refractivity contribution in [1.82, 2.24) is 10.2 Å². The van der Waals surface area contributed by atoms with E-state index in [0.717, 1.165) is 16.3 Å². The van der Waals surface area contributed by atoms with E-state index in [4.69, 9.17) is 0 Å². The molecule has 4 rings (SSSR count). The van der Waals surface area contributed by atoms with Gasteiger partial charge in [0.25, 0.3) is 10.0 Å². The Labute approximate surface area is 219 Å². The van der Waals surface area contributed by atoms with Gasteiger partial charge in [-0.3, -0.25) is 13.9 Å². The van der Waals surface area contributed by atoms with E-state index in [1.54, 1.807) is 24.0 Å². The molecular formula is C29H35N3O4S. The second-order valence-corrected chi connectivity index (χ2v) is 12.4. The molecule has 3 aromatic carbocycles. The van der Waals surface area contributed by atoms with Gasteiger partial charge in [0.2, 0.25) is 11.8 Å². The van der Waals surface area contributed by atoms with Crippen LogP contribution < -0.4 is 9.62 Å². The number of rotatable bonds is 9. The summed E-state index contributed by atoms with van der Waals surface area (Å²) < 4.78 is 27.9. The molecule has 0 radical (unpaired) electrons. The van der Waals surface area contributed by atoms with Crippen LogP contribution in [-0.2, 0) is 26.0 Å². The summed E-state index contributed by atoms with van der Waals surface area (Å²) in [6.45, 7) is 8.05. The third-order valence-electron chi connectivity index (χ3n) is 6.58. The molecule has 1 N–H and O–H groups in total. The summed E-state index contributed by atoms with van der Waals surface area (Å²) in [5.74, 6) is -0.377. The molecule has 1 aliphatic rings. The van der Waals surface area contributed by atoms with Gasteiger partial charge in [-0.25, -0.2) is 8.42 Å². The van der Waals surface area contributed by atoms with Crippen molar-refractivity contribution in [2.45, 2.75) is 63.4 Å². The van der Waals surface area contributed by atoms with Crippen LogP contribution in [0.15, 0.2) is 71.6 Å². The van der Waals surface area contributed by atoms with Crippen molar-refractivity contribution in [3.63, 3.8) is 0 Å². The van der Waals surface area contributed by atoms with Gasteiger partial charge in [0.05, 0.1) is 10.6 Å². The first kappa shape index (κ1) is 26.7. The maximum atomic E-state index is 13.4. The zero-order chi connectivity index (χ0) is 26.8. The Morgan fingerprint density at radius 2 is 1.65 bits per heavy atom. The summed E-state index contributed by atoms with van der Waals surface area (Å²) in [4.78, 5) is 28.2. The van der Waals surface area contributed by atoms with Crippen molar-refractivity contribution < 1.29 is 18.0 Å². The van der Waals surface area contributed by atoms with Gasteiger partial charge in [-0.05, 0) is 63.6 Å². The average Bonchev–Trinajstić information content (AvgIpc) is 3.07. The number of nitrogens with one attached hydrogen (secondary N) is 1. The molecule has 0 spiro atoms. The van der Waals surface area contributed by atoms with Crippen molar-refractivity contribution in [3.8, 4) is 0 Å². The fourth-order valence-electron chi connectivity index (χ4n) is 4.76. The Morgan fingerprint density at radius 1 is 0.973 bits per heavy atom. The summed E-state index contributed by atoms with van der Waals surface area (Å²) >= 11 is 0. The number of sulfonamides is 1. The largest absolute Gasteiger partial charge is 0.350 e. The molecule has 37 heavy (non-hydrogen) atoms. The van der Waals surface area contributed by atoms with Crippen molar-refractivity contribution in [3.05, 3.63) is 72.3 Å². The van der Waals surface area contributed by atoms with Crippen LogP contribution in [0.25, 0.3) is 10.8 Å². The lowest BCUT2D eigenvalue weighted by molar-refractivity contribution is -0.140. The van der Waals surface area contributed by atoms with Gasteiger partial charge in [0, 0.05) is 30.4 Å². The average molecular weight is 522 g/mol. The van der Waals surface area contributed by atoms with Crippen molar-refractivity contribution in [2.75, 3.05) is 17.4 Å². The van der Waals surface area contributed by atoms with E-state index in [-0.39, 0.29) is 24.8 Å². The van der Waals surface area contributed by atoms with E-state index in [1.165, 1.54) is 4.31 Å². The van der Waals surface area contributed by atoms with E-state index in [2.05, 4.69) is 5.32 Å². The number of benzene rings is 3. The lowest BCUT2D eigenvalue weighted by Crippen LogP contribution is -2.53. The maximum Gasteiger partial charge on any atom is 0.265 e. The van der Waals surface area contributed by atoms with Gasteiger partial charge < -0.3 is 10.2 Å². The first-order valence-electron chi connectivity index (χ1n) is 12.7. The zero-order valence-electron chi connectivity index (χ0n) is 21.9. The Morgan fingerprint density at radius 3 is 2.32 bits per heavy atom. The van der Waals surface area contributed by atoms with Crippen LogP contribution in [0.4, 0.5) is 5.69 Å². The summed E-state index contributed by atoms with van der Waals surface area (Å²) in [5, 5.41) is 4.57. The van der Waals surface area contributed by atoms with Crippen LogP contribution in [0, 0.1) is 0 Å². The number of carbonyl (C=O) groups is 2. The third kappa shape index (κ3) is 5.80. The number of hydrogen-bond acceptors (Lipinski definition) is 4. The Hall–Kier alpha value is -3.39. The molecule has 2 amide bonds. The summed E-state index contributed by atoms with van der Waals surface area (Å²) in [7, 11) is -3.67. The van der Waals surface area contributed by atoms with Gasteiger partial charge in [-0.1, -0.05) is 54.6 Å². The van der Waals surface area contributed by atoms with E-state index >= 15 is 0 Å². The lowest BCUT2D eigenvalue weighted by atomic mass is 10.1. The van der Waals surface area contributed by atoms with E-state index in [0.29, 0.717) is 30.0 Å². The van der Waals surface area contributed by atoms with Gasteiger partial charge in [-0.15, -0.1) is 0 Å². The van der Waals surface area contributed by atoms with Crippen molar-refractivity contribution in [1.29, 1.82) is 0 Å². The molecule has 0 bridgehead atoms. The maximum absolute atomic E-state index is 13.4. The number of anilines is 1. The topological polar surface area (TPSA) is 86.8 Å². The van der Waals surface area contributed by atoms with Gasteiger partial charge >= 0.3 is 0 Å². The summed E-state index contributed by atoms with van der Waals surface area (Å²) in [6, 6.07) is 20.0. The quantitative estimate of drug-likeness (QED) is 0.449. The summed E-state index contributed by atoms with van der Waals surface area (Å²) in [5.41, 5.74) is 1.32. The molecule has 0 fully saturated rings. The molecule has 0 saturated heterocycles. The molecule has 8 heteroatoms. The number of nitrogens with zero attached hydrogens (tertiary/aromatic N) is 2. The zero-order valence-corrected chi connectivity index (χ0v) is 22.7. The molecular weight excluding hydrogens is 486 g/mol. The highest BCUT2D eigenvalue weighted by atomic mass is 32.2. The minimum Gasteiger partial charge on any atom is -0.350 e. The molecule has 1 heterocycles. The second-order valence-electron chi connectivity index (χ2n) is 10.6. The molecule has 3 aromatic rings. The molecule has 0 saturated carbocycles. The standard InChI is InChI=1S/C29H35N3O4S/c1-21(28(34)30-29(2,3)4)31(20-18-22-11-6-5-7-12-22)26(33)17-10-19-32-24-15-8-13-23-14-9-16-25(27(23)24)37(32,35)36/h5-9,11-16,21H,10,17-20H2,1-4H3,(H,30,34). The summed E-state index contributed by atoms with van der Waals surface area (Å²) in [6.07, 6.45) is 1.11. The minimum atomic E-state index is -3.67. The molecule has 0 aliphatic carbocycles. The van der Waals surface area contributed by atoms with E-state index in [1.807, 2.05) is 75.4 Å². The van der Waals surface area contributed by atoms with Crippen LogP contribution in [0.5, 0.6) is 0 Å². The molecule has 0 aromatic heterocycles. The first-order valence-corrected chi connectivity index (χ1v) is 14.1. The smallest absolute Gasteiger partial charge is 0.265 e. The minimum absolute atomic E-state index is 0.139. The highest BCUT2D eigenvalue weighted by molar-refractivity contribution is 7.93. The van der Waals surface area contributed by atoms with Crippen LogP contribution in [-0.4, -0.2) is 49.8 Å². The normalized spacial score (nSPS) is 15.0. The number of carbonyl (C=O) groups excluding carboxylic acids is 2. The monoisotopic (exact) mass is 521 g/mol. The molecule has 1 unspecified atom stereocenters. The van der Waals surface area contributed by atoms with Crippen molar-refractivity contribution >= 4 is 38.3 Å². The fraction of sp³-hybridized carbons (Fsp3) is 0.379. The highest BCUT2D eigenvalue weighted by Crippen LogP contribution is 2.42. The molecule has 1 aliphatic heterocycles. The molecule has 196 valence electrons. The highest BCUT2D eigenvalue weighted by Gasteiger charge is 2.35. The van der Waals surface area contributed by atoms with E-state index < -0.39 is 21.6 Å². The number of hydrogen-bond donors (Lipinski definition) is 1. The van der Waals surface area contributed by atoms with Crippen LogP contribution >= 0.6 is 0 Å². The second kappa shape index (κ2) is 10.5. The number of amides is 2. The third-order valence-corrected chi connectivity index (χ3v) is 8.44. The Bertz CT molecular complexity index is 1390. The van der Waals surface area contributed by atoms with Crippen molar-refractivity contribution in [2.24, 2.45) is 0 Å². The fourth-order valence-corrected chi connectivity index (χ4v) is 6.51. The first-order chi connectivity index (χ1) is 17.5. The van der Waals surface area contributed by atoms with Gasteiger partial charge in [-0.2, -0.15) is 0 Å². The van der Waals surface area contributed by atoms with E-state index in [9.17, 15) is 18.0 Å². The predicted molar refractivity (Wildman–Crippen MR) is 147 cm³/mol. The van der Waals surface area contributed by atoms with Crippen LogP contribution in [0.2, 0.25) is 0 Å². The van der Waals surface area contributed by atoms with Gasteiger partial charge in [0.15, 0.2) is 0 Å². The predicted octanol–water partition coefficient (Wildman–Crippen LogP) is 4.50.